The highest BCUT2D eigenvalue weighted by Crippen LogP contribution is 2.73. The second kappa shape index (κ2) is 4.46. The molecule has 3 aliphatic heterocycles. The van der Waals surface area contributed by atoms with E-state index in [9.17, 15) is 0 Å². The molecule has 3 saturated carbocycles. The van der Waals surface area contributed by atoms with Crippen molar-refractivity contribution in [3.63, 3.8) is 0 Å². The van der Waals surface area contributed by atoms with Gasteiger partial charge in [0.2, 0.25) is 0 Å². The number of hydrogen-bond donors (Lipinski definition) is 1. The van der Waals surface area contributed by atoms with Crippen LogP contribution in [0.3, 0.4) is 0 Å². The Bertz CT molecular complexity index is 753. The molecule has 0 aromatic heterocycles. The van der Waals surface area contributed by atoms with Crippen molar-refractivity contribution in [1.82, 2.24) is 4.90 Å². The highest BCUT2D eigenvalue weighted by molar-refractivity contribution is 5.77. The fourth-order valence-corrected chi connectivity index (χ4v) is 7.90. The number of fused-ring (bicyclic) bond motifs is 3. The number of anilines is 1. The first-order valence-electron chi connectivity index (χ1n) is 9.97. The van der Waals surface area contributed by atoms with E-state index >= 15 is 0 Å². The van der Waals surface area contributed by atoms with Crippen LogP contribution in [0.15, 0.2) is 12.1 Å². The zero-order valence-electron chi connectivity index (χ0n) is 15.4. The van der Waals surface area contributed by atoms with Crippen molar-refractivity contribution in [2.75, 3.05) is 32.6 Å². The zero-order chi connectivity index (χ0) is 16.9. The number of nitrogens with one attached hydrogen (secondary N) is 1. The van der Waals surface area contributed by atoms with Gasteiger partial charge in [-0.1, -0.05) is 6.07 Å². The Morgan fingerprint density at radius 1 is 1.00 bits per heavy atom. The summed E-state index contributed by atoms with van der Waals surface area (Å²) in [5.41, 5.74) is 3.81. The lowest BCUT2D eigenvalue weighted by Gasteiger charge is -2.67. The number of methoxy groups -OCH3 is 2. The molecule has 25 heavy (non-hydrogen) atoms. The number of benzene rings is 1. The Morgan fingerprint density at radius 3 is 2.60 bits per heavy atom. The average Bonchev–Trinajstić information content (AvgIpc) is 3.19. The minimum atomic E-state index is 0.230. The quantitative estimate of drug-likeness (QED) is 0.893. The molecule has 2 bridgehead atoms. The summed E-state index contributed by atoms with van der Waals surface area (Å²) in [5.74, 6) is 1.76. The second-order valence-electron chi connectivity index (χ2n) is 9.06. The van der Waals surface area contributed by atoms with Gasteiger partial charge in [-0.3, -0.25) is 4.90 Å². The Hall–Kier alpha value is -1.42. The van der Waals surface area contributed by atoms with E-state index in [0.29, 0.717) is 5.41 Å². The number of piperidine rings is 1. The first-order chi connectivity index (χ1) is 12.2. The summed E-state index contributed by atoms with van der Waals surface area (Å²) in [5, 5.41) is 4.05. The largest absolute Gasteiger partial charge is 0.493 e. The van der Waals surface area contributed by atoms with E-state index in [-0.39, 0.29) is 11.0 Å². The van der Waals surface area contributed by atoms with Gasteiger partial charge in [0.15, 0.2) is 11.5 Å². The van der Waals surface area contributed by atoms with E-state index in [2.05, 4.69) is 22.3 Å². The van der Waals surface area contributed by atoms with Crippen molar-refractivity contribution in [2.45, 2.75) is 61.9 Å². The molecule has 6 aliphatic rings. The van der Waals surface area contributed by atoms with Crippen LogP contribution < -0.4 is 14.8 Å². The Balaban J connectivity index is 1.63. The monoisotopic (exact) mass is 340 g/mol. The van der Waals surface area contributed by atoms with Crippen LogP contribution in [0.5, 0.6) is 11.5 Å². The van der Waals surface area contributed by atoms with E-state index in [4.69, 9.17) is 9.47 Å². The normalized spacial score (nSPS) is 43.2. The lowest BCUT2D eigenvalue weighted by molar-refractivity contribution is -0.0987. The lowest BCUT2D eigenvalue weighted by Crippen LogP contribution is -2.72. The molecule has 0 radical (unpaired) electrons. The van der Waals surface area contributed by atoms with Gasteiger partial charge >= 0.3 is 0 Å². The van der Waals surface area contributed by atoms with Crippen LogP contribution >= 0.6 is 0 Å². The Kier molecular flexibility index (Phi) is 2.62. The number of ether oxygens (including phenoxy) is 2. The van der Waals surface area contributed by atoms with Crippen LogP contribution in [-0.4, -0.2) is 43.8 Å². The van der Waals surface area contributed by atoms with Gasteiger partial charge in [0.25, 0.3) is 0 Å². The minimum absolute atomic E-state index is 0.230. The molecule has 134 valence electrons. The summed E-state index contributed by atoms with van der Waals surface area (Å²) in [7, 11) is 3.51. The third-order valence-electron chi connectivity index (χ3n) is 8.67. The van der Waals surface area contributed by atoms with Crippen molar-refractivity contribution < 1.29 is 9.47 Å². The first-order valence-corrected chi connectivity index (χ1v) is 9.97. The van der Waals surface area contributed by atoms with Crippen molar-refractivity contribution in [1.29, 1.82) is 0 Å². The van der Waals surface area contributed by atoms with Crippen molar-refractivity contribution >= 4 is 5.69 Å². The Labute approximate surface area is 149 Å². The predicted molar refractivity (Wildman–Crippen MR) is 97.7 cm³/mol. The molecule has 1 aromatic rings. The minimum Gasteiger partial charge on any atom is -0.493 e. The van der Waals surface area contributed by atoms with Crippen LogP contribution in [0, 0.1) is 5.41 Å². The highest BCUT2D eigenvalue weighted by Gasteiger charge is 2.75. The predicted octanol–water partition coefficient (Wildman–Crippen LogP) is 3.55. The summed E-state index contributed by atoms with van der Waals surface area (Å²) in [6.45, 7) is 2.57. The van der Waals surface area contributed by atoms with Crippen LogP contribution in [0.4, 0.5) is 5.69 Å². The number of hydrogen-bond acceptors (Lipinski definition) is 4. The van der Waals surface area contributed by atoms with E-state index in [0.717, 1.165) is 17.5 Å². The number of nitrogens with zero attached hydrogens (tertiary/aromatic N) is 1. The summed E-state index contributed by atoms with van der Waals surface area (Å²) in [4.78, 5) is 2.85. The molecule has 4 nitrogen and oxygen atoms in total. The van der Waals surface area contributed by atoms with E-state index in [1.165, 1.54) is 69.3 Å². The van der Waals surface area contributed by atoms with Gasteiger partial charge in [0.05, 0.1) is 19.9 Å². The molecule has 3 spiro atoms. The van der Waals surface area contributed by atoms with Gasteiger partial charge in [0, 0.05) is 17.0 Å². The molecule has 0 unspecified atom stereocenters. The molecule has 2 saturated heterocycles. The van der Waals surface area contributed by atoms with Crippen LogP contribution in [0.1, 0.15) is 50.5 Å². The van der Waals surface area contributed by atoms with Crippen LogP contribution in [0.2, 0.25) is 0 Å². The van der Waals surface area contributed by atoms with E-state index in [1.807, 2.05) is 0 Å². The van der Waals surface area contributed by atoms with Gasteiger partial charge in [-0.2, -0.15) is 0 Å². The maximum absolute atomic E-state index is 5.82. The van der Waals surface area contributed by atoms with Gasteiger partial charge in [0.1, 0.15) is 0 Å². The van der Waals surface area contributed by atoms with Crippen LogP contribution in [-0.2, 0) is 5.41 Å². The summed E-state index contributed by atoms with van der Waals surface area (Å²) < 4.78 is 11.4. The SMILES string of the molecule is COc1ccc2c(c1OC)NC13CCC4(CCCN5CC[C@@]21[C@H]54)CC3. The Morgan fingerprint density at radius 2 is 1.84 bits per heavy atom. The molecular formula is C21H28N2O2. The fraction of sp³-hybridized carbons (Fsp3) is 0.714. The van der Waals surface area contributed by atoms with Crippen molar-refractivity contribution in [3.8, 4) is 11.5 Å². The lowest BCUT2D eigenvalue weighted by atomic mass is 9.42. The van der Waals surface area contributed by atoms with Gasteiger partial charge in [-0.25, -0.2) is 0 Å². The molecular weight excluding hydrogens is 312 g/mol. The maximum atomic E-state index is 5.82. The molecule has 1 N–H and O–H groups in total. The molecule has 1 aromatic carbocycles. The zero-order valence-corrected chi connectivity index (χ0v) is 15.4. The number of rotatable bonds is 2. The van der Waals surface area contributed by atoms with Gasteiger partial charge in [-0.15, -0.1) is 0 Å². The van der Waals surface area contributed by atoms with Crippen molar-refractivity contribution in [2.24, 2.45) is 5.41 Å². The molecule has 0 amide bonds. The average molecular weight is 340 g/mol. The topological polar surface area (TPSA) is 33.7 Å². The molecule has 2 atom stereocenters. The molecule has 7 rings (SSSR count). The standard InChI is InChI=1S/C21H28N2O2/c1-24-15-5-4-14-16(17(15)25-2)22-20-9-7-19(8-10-20)6-3-12-23-13-11-21(14,20)18(19)23/h4-5,18,22H,3,6-13H2,1-2H3/t18-,19?,20?,21+/m1/s1. The summed E-state index contributed by atoms with van der Waals surface area (Å²) in [6, 6.07) is 5.21. The highest BCUT2D eigenvalue weighted by atomic mass is 16.5. The van der Waals surface area contributed by atoms with Gasteiger partial charge < -0.3 is 14.8 Å². The molecule has 3 aliphatic carbocycles. The smallest absolute Gasteiger partial charge is 0.184 e. The van der Waals surface area contributed by atoms with Gasteiger partial charge in [-0.05, 0) is 75.1 Å². The third kappa shape index (κ3) is 1.40. The second-order valence-corrected chi connectivity index (χ2v) is 9.06. The molecule has 3 heterocycles. The summed E-state index contributed by atoms with van der Waals surface area (Å²) in [6.07, 6.45) is 9.57. The molecule has 5 fully saturated rings. The maximum Gasteiger partial charge on any atom is 0.184 e. The third-order valence-corrected chi connectivity index (χ3v) is 8.67. The fourth-order valence-electron chi connectivity index (χ4n) is 7.90. The molecule has 4 heteroatoms. The first kappa shape index (κ1) is 14.7. The van der Waals surface area contributed by atoms with E-state index in [1.54, 1.807) is 14.2 Å². The summed E-state index contributed by atoms with van der Waals surface area (Å²) >= 11 is 0. The van der Waals surface area contributed by atoms with Crippen molar-refractivity contribution in [3.05, 3.63) is 17.7 Å². The van der Waals surface area contributed by atoms with Crippen LogP contribution in [0.25, 0.3) is 0 Å². The van der Waals surface area contributed by atoms with E-state index < -0.39 is 0 Å².